The smallest absolute Gasteiger partial charge is 0.264 e. The molecule has 0 spiro atoms. The van der Waals surface area contributed by atoms with Gasteiger partial charge in [-0.05, 0) is 36.6 Å². The number of anilines is 2. The fourth-order valence-corrected chi connectivity index (χ4v) is 3.55. The predicted octanol–water partition coefficient (Wildman–Crippen LogP) is 3.05. The molecule has 0 unspecified atom stereocenters. The zero-order chi connectivity index (χ0) is 18.3. The highest BCUT2D eigenvalue weighted by Gasteiger charge is 2.24. The van der Waals surface area contributed by atoms with E-state index in [0.29, 0.717) is 22.8 Å². The Morgan fingerprint density at radius 1 is 1.38 bits per heavy atom. The lowest BCUT2D eigenvalue weighted by Crippen LogP contribution is -2.35. The molecule has 2 aromatic heterocycles. The van der Waals surface area contributed by atoms with Crippen LogP contribution in [0.5, 0.6) is 5.75 Å². The molecule has 26 heavy (non-hydrogen) atoms. The van der Waals surface area contributed by atoms with Crippen LogP contribution in [0.25, 0.3) is 10.6 Å². The first-order chi connectivity index (χ1) is 12.5. The minimum Gasteiger partial charge on any atom is -0.482 e. The number of nitrogens with one attached hydrogen (secondary N) is 2. The van der Waals surface area contributed by atoms with Crippen molar-refractivity contribution in [1.82, 2.24) is 10.2 Å². The Hall–Kier alpha value is -3.13. The fourth-order valence-electron chi connectivity index (χ4n) is 2.77. The van der Waals surface area contributed by atoms with Gasteiger partial charge in [-0.2, -0.15) is 5.10 Å². The van der Waals surface area contributed by atoms with Crippen LogP contribution in [0.3, 0.4) is 0 Å². The number of aromatic nitrogens is 2. The van der Waals surface area contributed by atoms with E-state index in [1.807, 2.05) is 24.4 Å². The van der Waals surface area contributed by atoms with E-state index in [-0.39, 0.29) is 18.4 Å². The maximum atomic E-state index is 12.6. The molecule has 0 saturated heterocycles. The van der Waals surface area contributed by atoms with Crippen LogP contribution in [-0.4, -0.2) is 35.7 Å². The summed E-state index contributed by atoms with van der Waals surface area (Å²) in [5.41, 5.74) is 2.76. The van der Waals surface area contributed by atoms with E-state index in [4.69, 9.17) is 4.74 Å². The number of rotatable bonds is 3. The second-order valence-corrected chi connectivity index (χ2v) is 6.88. The van der Waals surface area contributed by atoms with Gasteiger partial charge >= 0.3 is 0 Å². The Kier molecular flexibility index (Phi) is 3.96. The molecule has 0 aliphatic carbocycles. The Morgan fingerprint density at radius 2 is 2.23 bits per heavy atom. The lowest BCUT2D eigenvalue weighted by molar-refractivity contribution is -0.120. The molecular weight excluding hydrogens is 352 g/mol. The first kappa shape index (κ1) is 16.3. The number of carbonyl (C=O) groups excluding carboxylic acids is 2. The molecule has 1 aliphatic heterocycles. The normalized spacial score (nSPS) is 13.3. The van der Waals surface area contributed by atoms with E-state index in [1.54, 1.807) is 36.6 Å². The van der Waals surface area contributed by atoms with E-state index in [2.05, 4.69) is 15.5 Å². The molecular formula is C18H16N4O3S. The quantitative estimate of drug-likeness (QED) is 0.744. The van der Waals surface area contributed by atoms with Gasteiger partial charge in [0.25, 0.3) is 11.8 Å². The molecule has 4 rings (SSSR count). The number of ether oxygens (including phenoxy) is 1. The van der Waals surface area contributed by atoms with Crippen LogP contribution in [0.2, 0.25) is 0 Å². The monoisotopic (exact) mass is 368 g/mol. The SMILES string of the molecule is Cc1c(NC(=O)c2ccc3c(c2)N(C)C(=O)CO3)n[nH]c1-c1cccs1. The van der Waals surface area contributed by atoms with Crippen LogP contribution in [0.4, 0.5) is 11.5 Å². The Balaban J connectivity index is 1.59. The van der Waals surface area contributed by atoms with Gasteiger partial charge in [-0.1, -0.05) is 6.07 Å². The predicted molar refractivity (Wildman–Crippen MR) is 99.9 cm³/mol. The van der Waals surface area contributed by atoms with Gasteiger partial charge in [0, 0.05) is 18.2 Å². The molecule has 132 valence electrons. The standard InChI is InChI=1S/C18H16N4O3S/c1-10-16(14-4-3-7-26-14)20-21-17(10)19-18(24)11-5-6-13-12(8-11)22(2)15(23)9-25-13/h3-8H,9H2,1-2H3,(H2,19,20,21,24). The van der Waals surface area contributed by atoms with Crippen molar-refractivity contribution in [1.29, 1.82) is 0 Å². The summed E-state index contributed by atoms with van der Waals surface area (Å²) in [5.74, 6) is 0.613. The molecule has 1 aromatic carbocycles. The van der Waals surface area contributed by atoms with Crippen LogP contribution in [0, 0.1) is 6.92 Å². The van der Waals surface area contributed by atoms with Gasteiger partial charge < -0.3 is 15.0 Å². The number of fused-ring (bicyclic) bond motifs is 1. The molecule has 2 N–H and O–H groups in total. The van der Waals surface area contributed by atoms with Crippen molar-refractivity contribution in [3.8, 4) is 16.3 Å². The van der Waals surface area contributed by atoms with Crippen molar-refractivity contribution < 1.29 is 14.3 Å². The molecule has 3 heterocycles. The highest BCUT2D eigenvalue weighted by molar-refractivity contribution is 7.13. The van der Waals surface area contributed by atoms with Crippen molar-refractivity contribution in [2.24, 2.45) is 0 Å². The van der Waals surface area contributed by atoms with Crippen molar-refractivity contribution in [2.45, 2.75) is 6.92 Å². The van der Waals surface area contributed by atoms with Crippen LogP contribution >= 0.6 is 11.3 Å². The summed E-state index contributed by atoms with van der Waals surface area (Å²) in [6.07, 6.45) is 0. The summed E-state index contributed by atoms with van der Waals surface area (Å²) in [6.45, 7) is 1.91. The van der Waals surface area contributed by atoms with Gasteiger partial charge in [0.15, 0.2) is 12.4 Å². The molecule has 0 atom stereocenters. The summed E-state index contributed by atoms with van der Waals surface area (Å²) in [6, 6.07) is 8.96. The lowest BCUT2D eigenvalue weighted by atomic mass is 10.1. The van der Waals surface area contributed by atoms with Gasteiger partial charge in [0.1, 0.15) is 5.75 Å². The van der Waals surface area contributed by atoms with Gasteiger partial charge in [-0.15, -0.1) is 11.3 Å². The number of benzene rings is 1. The largest absolute Gasteiger partial charge is 0.482 e. The average Bonchev–Trinajstić information content (AvgIpc) is 3.28. The topological polar surface area (TPSA) is 87.3 Å². The van der Waals surface area contributed by atoms with Crippen molar-refractivity contribution in [2.75, 3.05) is 23.9 Å². The van der Waals surface area contributed by atoms with Crippen LogP contribution in [0.1, 0.15) is 15.9 Å². The van der Waals surface area contributed by atoms with E-state index in [0.717, 1.165) is 16.1 Å². The highest BCUT2D eigenvalue weighted by Crippen LogP contribution is 2.33. The van der Waals surface area contributed by atoms with Gasteiger partial charge in [-0.3, -0.25) is 14.7 Å². The van der Waals surface area contributed by atoms with Crippen molar-refractivity contribution in [3.05, 3.63) is 46.8 Å². The minimum atomic E-state index is -0.299. The van der Waals surface area contributed by atoms with E-state index in [9.17, 15) is 9.59 Å². The number of H-pyrrole nitrogens is 1. The molecule has 2 amide bonds. The fraction of sp³-hybridized carbons (Fsp3) is 0.167. The first-order valence-electron chi connectivity index (χ1n) is 7.98. The van der Waals surface area contributed by atoms with E-state index < -0.39 is 0 Å². The number of amides is 2. The van der Waals surface area contributed by atoms with Gasteiger partial charge in [0.05, 0.1) is 16.3 Å². The zero-order valence-corrected chi connectivity index (χ0v) is 15.0. The number of hydrogen-bond donors (Lipinski definition) is 2. The van der Waals surface area contributed by atoms with Gasteiger partial charge in [0.2, 0.25) is 0 Å². The highest BCUT2D eigenvalue weighted by atomic mass is 32.1. The third-order valence-electron chi connectivity index (χ3n) is 4.32. The summed E-state index contributed by atoms with van der Waals surface area (Å²) < 4.78 is 5.38. The molecule has 0 bridgehead atoms. The third kappa shape index (κ3) is 2.74. The zero-order valence-electron chi connectivity index (χ0n) is 14.2. The maximum Gasteiger partial charge on any atom is 0.264 e. The molecule has 3 aromatic rings. The third-order valence-corrected chi connectivity index (χ3v) is 5.20. The van der Waals surface area contributed by atoms with E-state index >= 15 is 0 Å². The summed E-state index contributed by atoms with van der Waals surface area (Å²) in [4.78, 5) is 27.0. The molecule has 8 heteroatoms. The first-order valence-corrected chi connectivity index (χ1v) is 8.86. The second-order valence-electron chi connectivity index (χ2n) is 5.93. The Morgan fingerprint density at radius 3 is 3.00 bits per heavy atom. The molecule has 1 aliphatic rings. The lowest BCUT2D eigenvalue weighted by Gasteiger charge is -2.26. The van der Waals surface area contributed by atoms with Crippen LogP contribution < -0.4 is 15.0 Å². The Bertz CT molecular complexity index is 994. The molecule has 0 saturated carbocycles. The molecule has 0 fully saturated rings. The van der Waals surface area contributed by atoms with Crippen LogP contribution in [-0.2, 0) is 4.79 Å². The Labute approximate surface area is 153 Å². The van der Waals surface area contributed by atoms with Crippen molar-refractivity contribution in [3.63, 3.8) is 0 Å². The molecule has 7 nitrogen and oxygen atoms in total. The number of carbonyl (C=O) groups is 2. The molecule has 0 radical (unpaired) electrons. The average molecular weight is 368 g/mol. The summed E-state index contributed by atoms with van der Waals surface area (Å²) in [5, 5.41) is 12.0. The summed E-state index contributed by atoms with van der Waals surface area (Å²) in [7, 11) is 1.66. The minimum absolute atomic E-state index is 0.00695. The number of hydrogen-bond acceptors (Lipinski definition) is 5. The maximum absolute atomic E-state index is 12.6. The van der Waals surface area contributed by atoms with Crippen LogP contribution in [0.15, 0.2) is 35.7 Å². The number of aromatic amines is 1. The summed E-state index contributed by atoms with van der Waals surface area (Å²) >= 11 is 1.60. The number of likely N-dealkylation sites (N-methyl/N-ethyl adjacent to an activating group) is 1. The number of nitrogens with zero attached hydrogens (tertiary/aromatic N) is 2. The number of thiophene rings is 1. The second kappa shape index (κ2) is 6.30. The van der Waals surface area contributed by atoms with Crippen molar-refractivity contribution >= 4 is 34.7 Å². The van der Waals surface area contributed by atoms with E-state index in [1.165, 1.54) is 4.90 Å². The van der Waals surface area contributed by atoms with Gasteiger partial charge in [-0.25, -0.2) is 0 Å².